The van der Waals surface area contributed by atoms with E-state index in [2.05, 4.69) is 0 Å². The Morgan fingerprint density at radius 3 is 2.63 bits per heavy atom. The van der Waals surface area contributed by atoms with E-state index in [1.807, 2.05) is 0 Å². The Morgan fingerprint density at radius 1 is 1.32 bits per heavy atom. The van der Waals surface area contributed by atoms with E-state index < -0.39 is 27.6 Å². The summed E-state index contributed by atoms with van der Waals surface area (Å²) in [7, 11) is -2.95. The molecule has 1 saturated heterocycles. The molecule has 0 bridgehead atoms. The molecule has 0 aromatic heterocycles. The molecule has 2 atom stereocenters. The molecular formula is C13H16F2O3S. The van der Waals surface area contributed by atoms with Crippen LogP contribution in [0.3, 0.4) is 0 Å². The summed E-state index contributed by atoms with van der Waals surface area (Å²) in [4.78, 5) is 0. The molecule has 2 rings (SSSR count). The third kappa shape index (κ3) is 3.98. The predicted molar refractivity (Wildman–Crippen MR) is 67.4 cm³/mol. The average Bonchev–Trinajstić information content (AvgIpc) is 2.63. The first-order chi connectivity index (χ1) is 8.85. The van der Waals surface area contributed by atoms with E-state index in [9.17, 15) is 22.3 Å². The Kier molecular flexibility index (Phi) is 4.20. The molecule has 0 amide bonds. The van der Waals surface area contributed by atoms with Crippen molar-refractivity contribution in [3.63, 3.8) is 0 Å². The van der Waals surface area contributed by atoms with Gasteiger partial charge < -0.3 is 5.11 Å². The number of rotatable bonds is 4. The van der Waals surface area contributed by atoms with Crippen LogP contribution in [0.1, 0.15) is 18.4 Å². The van der Waals surface area contributed by atoms with Gasteiger partial charge in [-0.3, -0.25) is 0 Å². The van der Waals surface area contributed by atoms with Gasteiger partial charge in [0.1, 0.15) is 0 Å². The Labute approximate surface area is 111 Å². The first-order valence-corrected chi connectivity index (χ1v) is 8.00. The van der Waals surface area contributed by atoms with Crippen LogP contribution in [-0.4, -0.2) is 31.1 Å². The highest BCUT2D eigenvalue weighted by Gasteiger charge is 2.29. The maximum atomic E-state index is 13.0. The van der Waals surface area contributed by atoms with Gasteiger partial charge in [-0.2, -0.15) is 0 Å². The van der Waals surface area contributed by atoms with Gasteiger partial charge in [-0.25, -0.2) is 17.2 Å². The first kappa shape index (κ1) is 14.4. The SMILES string of the molecule is O=S1(=O)CCC(CC(O)Cc2ccc(F)c(F)c2)C1. The van der Waals surface area contributed by atoms with Gasteiger partial charge in [0.05, 0.1) is 17.6 Å². The topological polar surface area (TPSA) is 54.4 Å². The van der Waals surface area contributed by atoms with Crippen LogP contribution in [0, 0.1) is 17.6 Å². The minimum atomic E-state index is -2.95. The van der Waals surface area contributed by atoms with Crippen molar-refractivity contribution in [2.75, 3.05) is 11.5 Å². The van der Waals surface area contributed by atoms with Gasteiger partial charge in [-0.15, -0.1) is 0 Å². The molecule has 1 aromatic rings. The second-order valence-corrected chi connectivity index (χ2v) is 7.34. The number of benzene rings is 1. The fourth-order valence-corrected chi connectivity index (χ4v) is 4.34. The lowest BCUT2D eigenvalue weighted by molar-refractivity contribution is 0.147. The van der Waals surface area contributed by atoms with Crippen molar-refractivity contribution in [3.05, 3.63) is 35.4 Å². The number of aliphatic hydroxyl groups excluding tert-OH is 1. The molecule has 1 fully saturated rings. The van der Waals surface area contributed by atoms with Crippen molar-refractivity contribution in [2.24, 2.45) is 5.92 Å². The summed E-state index contributed by atoms with van der Waals surface area (Å²) >= 11 is 0. The van der Waals surface area contributed by atoms with Crippen LogP contribution >= 0.6 is 0 Å². The molecule has 6 heteroatoms. The first-order valence-electron chi connectivity index (χ1n) is 6.18. The Morgan fingerprint density at radius 2 is 2.05 bits per heavy atom. The number of hydrogen-bond acceptors (Lipinski definition) is 3. The highest BCUT2D eigenvalue weighted by molar-refractivity contribution is 7.91. The Hall–Kier alpha value is -1.01. The molecule has 106 valence electrons. The smallest absolute Gasteiger partial charge is 0.159 e. The van der Waals surface area contributed by atoms with Gasteiger partial charge >= 0.3 is 0 Å². The molecule has 0 radical (unpaired) electrons. The third-order valence-electron chi connectivity index (χ3n) is 3.39. The van der Waals surface area contributed by atoms with E-state index in [0.717, 1.165) is 12.1 Å². The zero-order valence-corrected chi connectivity index (χ0v) is 11.2. The van der Waals surface area contributed by atoms with Crippen LogP contribution in [-0.2, 0) is 16.3 Å². The summed E-state index contributed by atoms with van der Waals surface area (Å²) in [5.41, 5.74) is 0.507. The number of halogens is 2. The van der Waals surface area contributed by atoms with E-state index in [1.54, 1.807) is 0 Å². The van der Waals surface area contributed by atoms with Crippen molar-refractivity contribution in [3.8, 4) is 0 Å². The molecule has 1 aliphatic heterocycles. The van der Waals surface area contributed by atoms with Crippen LogP contribution in [0.15, 0.2) is 18.2 Å². The number of sulfone groups is 1. The van der Waals surface area contributed by atoms with Crippen LogP contribution in [0.2, 0.25) is 0 Å². The molecule has 19 heavy (non-hydrogen) atoms. The summed E-state index contributed by atoms with van der Waals surface area (Å²) in [5.74, 6) is -1.60. The average molecular weight is 290 g/mol. The monoisotopic (exact) mass is 290 g/mol. The summed E-state index contributed by atoms with van der Waals surface area (Å²) in [6, 6.07) is 3.51. The summed E-state index contributed by atoms with van der Waals surface area (Å²) in [6.07, 6.45) is 0.409. The zero-order valence-electron chi connectivity index (χ0n) is 10.4. The molecule has 2 unspecified atom stereocenters. The van der Waals surface area contributed by atoms with Crippen molar-refractivity contribution >= 4 is 9.84 Å². The third-order valence-corrected chi connectivity index (χ3v) is 5.22. The standard InChI is InChI=1S/C13H16F2O3S/c14-12-2-1-9(7-13(12)15)5-11(16)6-10-3-4-19(17,18)8-10/h1-2,7,10-11,16H,3-6,8H2. The van der Waals surface area contributed by atoms with E-state index in [1.165, 1.54) is 6.07 Å². The zero-order chi connectivity index (χ0) is 14.0. The van der Waals surface area contributed by atoms with Gasteiger partial charge in [0.25, 0.3) is 0 Å². The van der Waals surface area contributed by atoms with Gasteiger partial charge in [0.2, 0.25) is 0 Å². The van der Waals surface area contributed by atoms with E-state index in [0.29, 0.717) is 18.4 Å². The molecule has 1 N–H and O–H groups in total. The quantitative estimate of drug-likeness (QED) is 0.918. The second kappa shape index (κ2) is 5.54. The maximum absolute atomic E-state index is 13.0. The van der Waals surface area contributed by atoms with Crippen molar-refractivity contribution in [1.82, 2.24) is 0 Å². The Balaban J connectivity index is 1.91. The van der Waals surface area contributed by atoms with Crippen molar-refractivity contribution in [1.29, 1.82) is 0 Å². The molecule has 0 aliphatic carbocycles. The normalized spacial score (nSPS) is 23.4. The van der Waals surface area contributed by atoms with Crippen LogP contribution in [0.4, 0.5) is 8.78 Å². The van der Waals surface area contributed by atoms with Gasteiger partial charge in [0.15, 0.2) is 21.5 Å². The summed E-state index contributed by atoms with van der Waals surface area (Å²) < 4.78 is 48.3. The maximum Gasteiger partial charge on any atom is 0.159 e. The summed E-state index contributed by atoms with van der Waals surface area (Å²) in [6.45, 7) is 0. The van der Waals surface area contributed by atoms with Crippen molar-refractivity contribution < 1.29 is 22.3 Å². The van der Waals surface area contributed by atoms with Gasteiger partial charge in [0, 0.05) is 0 Å². The molecule has 1 aliphatic rings. The lowest BCUT2D eigenvalue weighted by Gasteiger charge is -2.14. The Bertz CT molecular complexity index is 557. The second-order valence-electron chi connectivity index (χ2n) is 5.11. The van der Waals surface area contributed by atoms with E-state index in [4.69, 9.17) is 0 Å². The molecule has 1 aromatic carbocycles. The van der Waals surface area contributed by atoms with Crippen LogP contribution < -0.4 is 0 Å². The fourth-order valence-electron chi connectivity index (χ4n) is 2.46. The van der Waals surface area contributed by atoms with E-state index >= 15 is 0 Å². The number of aliphatic hydroxyl groups is 1. The highest BCUT2D eigenvalue weighted by atomic mass is 32.2. The lowest BCUT2D eigenvalue weighted by atomic mass is 9.97. The molecule has 0 saturated carbocycles. The predicted octanol–water partition coefficient (Wildman–Crippen LogP) is 1.69. The highest BCUT2D eigenvalue weighted by Crippen LogP contribution is 2.24. The van der Waals surface area contributed by atoms with Gasteiger partial charge in [-0.05, 0) is 42.9 Å². The van der Waals surface area contributed by atoms with E-state index in [-0.39, 0.29) is 23.8 Å². The van der Waals surface area contributed by atoms with Gasteiger partial charge in [-0.1, -0.05) is 6.07 Å². The minimum absolute atomic E-state index is 0.0368. The largest absolute Gasteiger partial charge is 0.393 e. The minimum Gasteiger partial charge on any atom is -0.393 e. The lowest BCUT2D eigenvalue weighted by Crippen LogP contribution is -2.17. The fraction of sp³-hybridized carbons (Fsp3) is 0.538. The molecular weight excluding hydrogens is 274 g/mol. The van der Waals surface area contributed by atoms with Crippen molar-refractivity contribution in [2.45, 2.75) is 25.4 Å². The van der Waals surface area contributed by atoms with Crippen LogP contribution in [0.5, 0.6) is 0 Å². The molecule has 0 spiro atoms. The molecule has 3 nitrogen and oxygen atoms in total. The summed E-state index contributed by atoms with van der Waals surface area (Å²) in [5, 5.41) is 9.88. The number of hydrogen-bond donors (Lipinski definition) is 1. The molecule has 1 heterocycles. The van der Waals surface area contributed by atoms with Crippen LogP contribution in [0.25, 0.3) is 0 Å².